The lowest BCUT2D eigenvalue weighted by Crippen LogP contribution is -2.05. The molecule has 1 aromatic rings. The first-order valence-electron chi connectivity index (χ1n) is 8.52. The molecule has 0 unspecified atom stereocenters. The Kier molecular flexibility index (Phi) is 6.86. The van der Waals surface area contributed by atoms with Crippen LogP contribution >= 0.6 is 11.3 Å². The molecule has 1 aliphatic rings. The van der Waals surface area contributed by atoms with E-state index in [4.69, 9.17) is 0 Å². The molecule has 0 bridgehead atoms. The van der Waals surface area contributed by atoms with Gasteiger partial charge in [-0.05, 0) is 55.0 Å². The smallest absolute Gasteiger partial charge is 0.00746 e. The molecule has 20 heavy (non-hydrogen) atoms. The highest BCUT2D eigenvalue weighted by molar-refractivity contribution is 7.10. The molecule has 1 aromatic heterocycles. The van der Waals surface area contributed by atoms with Gasteiger partial charge >= 0.3 is 0 Å². The van der Waals surface area contributed by atoms with Crippen molar-refractivity contribution in [2.24, 2.45) is 5.92 Å². The molecule has 0 saturated heterocycles. The summed E-state index contributed by atoms with van der Waals surface area (Å²) < 4.78 is 0. The first-order chi connectivity index (χ1) is 9.81. The summed E-state index contributed by atoms with van der Waals surface area (Å²) in [6.07, 6.45) is 18.7. The van der Waals surface area contributed by atoms with E-state index in [1.165, 1.54) is 68.9 Å². The summed E-state index contributed by atoms with van der Waals surface area (Å²) in [6, 6.07) is 0. The summed E-state index contributed by atoms with van der Waals surface area (Å²) in [4.78, 5) is 1.56. The Hall–Kier alpha value is -0.560. The fourth-order valence-corrected chi connectivity index (χ4v) is 4.41. The number of rotatable bonds is 7. The van der Waals surface area contributed by atoms with E-state index in [2.05, 4.69) is 31.4 Å². The van der Waals surface area contributed by atoms with E-state index in [1.807, 2.05) is 11.3 Å². The van der Waals surface area contributed by atoms with Gasteiger partial charge in [-0.2, -0.15) is 0 Å². The molecular weight excluding hydrogens is 260 g/mol. The van der Waals surface area contributed by atoms with Crippen LogP contribution in [0.1, 0.15) is 74.3 Å². The molecule has 1 fully saturated rings. The Morgan fingerprint density at radius 3 is 2.70 bits per heavy atom. The van der Waals surface area contributed by atoms with Crippen LogP contribution in [-0.4, -0.2) is 0 Å². The fraction of sp³-hybridized carbons (Fsp3) is 0.684. The molecule has 0 amide bonds. The predicted molar refractivity (Wildman–Crippen MR) is 91.7 cm³/mol. The Labute approximate surface area is 129 Å². The summed E-state index contributed by atoms with van der Waals surface area (Å²) in [5.41, 5.74) is 3.07. The van der Waals surface area contributed by atoms with Gasteiger partial charge < -0.3 is 0 Å². The van der Waals surface area contributed by atoms with Crippen LogP contribution < -0.4 is 0 Å². The minimum Gasteiger partial charge on any atom is -0.148 e. The third-order valence-electron chi connectivity index (χ3n) is 4.78. The molecule has 0 spiro atoms. The number of allylic oxidation sites excluding steroid dienone is 2. The molecule has 0 radical (unpaired) electrons. The van der Waals surface area contributed by atoms with Crippen LogP contribution in [0.15, 0.2) is 17.5 Å². The topological polar surface area (TPSA) is 0 Å². The van der Waals surface area contributed by atoms with E-state index in [0.717, 1.165) is 12.3 Å². The van der Waals surface area contributed by atoms with Crippen LogP contribution in [0.3, 0.4) is 0 Å². The van der Waals surface area contributed by atoms with Gasteiger partial charge in [0.15, 0.2) is 0 Å². The van der Waals surface area contributed by atoms with Crippen LogP contribution in [0.5, 0.6) is 0 Å². The minimum atomic E-state index is 1.04. The SMILES string of the molecule is CCc1scc(CC=CCCCC2CCCCC2)c1C. The minimum absolute atomic E-state index is 1.04. The van der Waals surface area contributed by atoms with Crippen LogP contribution in [0.25, 0.3) is 0 Å². The molecule has 112 valence electrons. The van der Waals surface area contributed by atoms with Crippen LogP contribution in [-0.2, 0) is 12.8 Å². The largest absolute Gasteiger partial charge is 0.148 e. The Morgan fingerprint density at radius 1 is 1.20 bits per heavy atom. The third-order valence-corrected chi connectivity index (χ3v) is 6.06. The number of aryl methyl sites for hydroxylation is 1. The monoisotopic (exact) mass is 290 g/mol. The summed E-state index contributed by atoms with van der Waals surface area (Å²) in [7, 11) is 0. The maximum atomic E-state index is 2.41. The van der Waals surface area contributed by atoms with Crippen molar-refractivity contribution in [3.8, 4) is 0 Å². The molecule has 1 aliphatic carbocycles. The van der Waals surface area contributed by atoms with Crippen molar-refractivity contribution in [3.63, 3.8) is 0 Å². The van der Waals surface area contributed by atoms with Crippen molar-refractivity contribution in [2.45, 2.75) is 78.1 Å². The molecule has 0 aromatic carbocycles. The number of thiophene rings is 1. The van der Waals surface area contributed by atoms with Gasteiger partial charge in [0.1, 0.15) is 0 Å². The highest BCUT2D eigenvalue weighted by Gasteiger charge is 2.12. The van der Waals surface area contributed by atoms with Crippen molar-refractivity contribution in [3.05, 3.63) is 33.5 Å². The predicted octanol–water partition coefficient (Wildman–Crippen LogP) is 6.47. The van der Waals surface area contributed by atoms with Crippen LogP contribution in [0, 0.1) is 12.8 Å². The molecule has 2 rings (SSSR count). The molecule has 0 aliphatic heterocycles. The van der Waals surface area contributed by atoms with Crippen molar-refractivity contribution < 1.29 is 0 Å². The van der Waals surface area contributed by atoms with Gasteiger partial charge in [-0.15, -0.1) is 11.3 Å². The van der Waals surface area contributed by atoms with Gasteiger partial charge in [0.05, 0.1) is 0 Å². The number of hydrogen-bond donors (Lipinski definition) is 0. The van der Waals surface area contributed by atoms with E-state index in [0.29, 0.717) is 0 Å². The molecule has 1 heterocycles. The van der Waals surface area contributed by atoms with Gasteiger partial charge in [-0.1, -0.05) is 57.6 Å². The lowest BCUT2D eigenvalue weighted by Gasteiger charge is -2.20. The quantitative estimate of drug-likeness (QED) is 0.399. The second kappa shape index (κ2) is 8.67. The van der Waals surface area contributed by atoms with Gasteiger partial charge in [0.2, 0.25) is 0 Å². The second-order valence-electron chi connectivity index (χ2n) is 6.27. The fourth-order valence-electron chi connectivity index (χ4n) is 3.38. The molecule has 1 heteroatoms. The Bertz CT molecular complexity index is 407. The van der Waals surface area contributed by atoms with Gasteiger partial charge in [-0.25, -0.2) is 0 Å². The Balaban J connectivity index is 1.62. The number of hydrogen-bond acceptors (Lipinski definition) is 1. The van der Waals surface area contributed by atoms with E-state index in [9.17, 15) is 0 Å². The maximum absolute atomic E-state index is 2.41. The standard InChI is InChI=1S/C19H30S/c1-3-19-16(2)18(15-20-19)14-10-5-4-7-11-17-12-8-6-9-13-17/h5,10,15,17H,3-4,6-9,11-14H2,1-2H3. The van der Waals surface area contributed by atoms with Gasteiger partial charge in [-0.3, -0.25) is 0 Å². The first-order valence-corrected chi connectivity index (χ1v) is 9.40. The zero-order valence-corrected chi connectivity index (χ0v) is 14.1. The normalized spacial score (nSPS) is 17.1. The molecule has 1 saturated carbocycles. The zero-order valence-electron chi connectivity index (χ0n) is 13.3. The number of unbranched alkanes of at least 4 members (excludes halogenated alkanes) is 1. The van der Waals surface area contributed by atoms with Crippen LogP contribution in [0.2, 0.25) is 0 Å². The van der Waals surface area contributed by atoms with E-state index >= 15 is 0 Å². The second-order valence-corrected chi connectivity index (χ2v) is 7.24. The first kappa shape index (κ1) is 15.8. The van der Waals surface area contributed by atoms with E-state index in [-0.39, 0.29) is 0 Å². The molecule has 0 atom stereocenters. The van der Waals surface area contributed by atoms with E-state index < -0.39 is 0 Å². The molecular formula is C19H30S. The molecule has 0 nitrogen and oxygen atoms in total. The van der Waals surface area contributed by atoms with Crippen molar-refractivity contribution in [2.75, 3.05) is 0 Å². The maximum Gasteiger partial charge on any atom is 0.00746 e. The highest BCUT2D eigenvalue weighted by Crippen LogP contribution is 2.27. The third kappa shape index (κ3) is 4.77. The van der Waals surface area contributed by atoms with Crippen molar-refractivity contribution >= 4 is 11.3 Å². The average molecular weight is 291 g/mol. The van der Waals surface area contributed by atoms with Crippen molar-refractivity contribution in [1.29, 1.82) is 0 Å². The summed E-state index contributed by atoms with van der Waals surface area (Å²) in [5.74, 6) is 1.04. The lowest BCUT2D eigenvalue weighted by atomic mass is 9.86. The summed E-state index contributed by atoms with van der Waals surface area (Å²) >= 11 is 1.93. The van der Waals surface area contributed by atoms with Gasteiger partial charge in [0, 0.05) is 4.88 Å². The molecule has 0 N–H and O–H groups in total. The average Bonchev–Trinajstić information content (AvgIpc) is 2.84. The highest BCUT2D eigenvalue weighted by atomic mass is 32.1. The zero-order chi connectivity index (χ0) is 14.2. The lowest BCUT2D eigenvalue weighted by molar-refractivity contribution is 0.333. The summed E-state index contributed by atoms with van der Waals surface area (Å²) in [6.45, 7) is 4.53. The Morgan fingerprint density at radius 2 is 2.00 bits per heavy atom. The summed E-state index contributed by atoms with van der Waals surface area (Å²) in [5, 5.41) is 2.35. The van der Waals surface area contributed by atoms with E-state index in [1.54, 1.807) is 4.88 Å². The van der Waals surface area contributed by atoms with Crippen molar-refractivity contribution in [1.82, 2.24) is 0 Å². The van der Waals surface area contributed by atoms with Gasteiger partial charge in [0.25, 0.3) is 0 Å². The van der Waals surface area contributed by atoms with Crippen LogP contribution in [0.4, 0.5) is 0 Å².